The summed E-state index contributed by atoms with van der Waals surface area (Å²) in [6.45, 7) is 4.21. The Hall–Kier alpha value is -2.44. The van der Waals surface area contributed by atoms with Gasteiger partial charge in [0.05, 0.1) is 12.1 Å². The Morgan fingerprint density at radius 2 is 2.00 bits per heavy atom. The minimum Gasteiger partial charge on any atom is -0.491 e. The van der Waals surface area contributed by atoms with E-state index in [2.05, 4.69) is 5.32 Å². The second kappa shape index (κ2) is 9.85. The SMILES string of the molecule is Cc1ccc(OC[C@]2(O)CCCN(CC(=O)NCc3cccc(F)c3)CC2)cc1. The summed E-state index contributed by atoms with van der Waals surface area (Å²) in [6, 6.07) is 14.0. The summed E-state index contributed by atoms with van der Waals surface area (Å²) in [6.07, 6.45) is 1.99. The molecular formula is C23H29FN2O3. The fourth-order valence-electron chi connectivity index (χ4n) is 3.50. The van der Waals surface area contributed by atoms with Crippen LogP contribution in [0.4, 0.5) is 4.39 Å². The molecular weight excluding hydrogens is 371 g/mol. The van der Waals surface area contributed by atoms with Crippen LogP contribution in [0.5, 0.6) is 5.75 Å². The Bertz CT molecular complexity index is 812. The highest BCUT2D eigenvalue weighted by atomic mass is 19.1. The summed E-state index contributed by atoms with van der Waals surface area (Å²) >= 11 is 0. The van der Waals surface area contributed by atoms with Crippen LogP contribution in [-0.4, -0.2) is 47.8 Å². The maximum absolute atomic E-state index is 13.2. The van der Waals surface area contributed by atoms with E-state index in [0.717, 1.165) is 29.8 Å². The van der Waals surface area contributed by atoms with Crippen molar-refractivity contribution in [1.29, 1.82) is 0 Å². The predicted molar refractivity (Wildman–Crippen MR) is 110 cm³/mol. The molecule has 0 aliphatic carbocycles. The summed E-state index contributed by atoms with van der Waals surface area (Å²) in [5, 5.41) is 13.7. The number of nitrogens with zero attached hydrogens (tertiary/aromatic N) is 1. The standard InChI is InChI=1S/C23H29FN2O3/c1-18-6-8-21(9-7-18)29-17-23(28)10-3-12-26(13-11-23)16-22(27)25-15-19-4-2-5-20(24)14-19/h2,4-9,14,28H,3,10-13,15-17H2,1H3,(H,25,27)/t23-/m0/s1. The Labute approximate surface area is 171 Å². The predicted octanol–water partition coefficient (Wildman–Crippen LogP) is 3.05. The molecule has 2 N–H and O–H groups in total. The second-order valence-electron chi connectivity index (χ2n) is 7.86. The van der Waals surface area contributed by atoms with Crippen LogP contribution in [0.3, 0.4) is 0 Å². The molecule has 29 heavy (non-hydrogen) atoms. The van der Waals surface area contributed by atoms with Gasteiger partial charge in [0.2, 0.25) is 5.91 Å². The van der Waals surface area contributed by atoms with E-state index in [4.69, 9.17) is 4.74 Å². The molecule has 0 unspecified atom stereocenters. The number of carbonyl (C=O) groups excluding carboxylic acids is 1. The molecule has 1 amide bonds. The number of halogens is 1. The fourth-order valence-corrected chi connectivity index (χ4v) is 3.50. The molecule has 6 heteroatoms. The van der Waals surface area contributed by atoms with Gasteiger partial charge >= 0.3 is 0 Å². The molecule has 1 heterocycles. The number of aliphatic hydroxyl groups is 1. The fraction of sp³-hybridized carbons (Fsp3) is 0.435. The molecule has 0 saturated carbocycles. The van der Waals surface area contributed by atoms with Crippen LogP contribution in [0.25, 0.3) is 0 Å². The van der Waals surface area contributed by atoms with Gasteiger partial charge in [0.15, 0.2) is 0 Å². The molecule has 1 saturated heterocycles. The van der Waals surface area contributed by atoms with Gasteiger partial charge in [0.1, 0.15) is 18.2 Å². The third-order valence-corrected chi connectivity index (χ3v) is 5.28. The number of ether oxygens (including phenoxy) is 1. The lowest BCUT2D eigenvalue weighted by Gasteiger charge is -2.27. The van der Waals surface area contributed by atoms with Gasteiger partial charge in [-0.05, 0) is 62.6 Å². The smallest absolute Gasteiger partial charge is 0.234 e. The molecule has 5 nitrogen and oxygen atoms in total. The van der Waals surface area contributed by atoms with Crippen LogP contribution >= 0.6 is 0 Å². The highest BCUT2D eigenvalue weighted by molar-refractivity contribution is 5.78. The Kier molecular flexibility index (Phi) is 7.23. The first-order valence-corrected chi connectivity index (χ1v) is 10.1. The number of aryl methyl sites for hydroxylation is 1. The number of nitrogens with one attached hydrogen (secondary N) is 1. The lowest BCUT2D eigenvalue weighted by atomic mass is 9.96. The van der Waals surface area contributed by atoms with Crippen molar-refractivity contribution in [2.45, 2.75) is 38.3 Å². The zero-order valence-corrected chi connectivity index (χ0v) is 16.9. The topological polar surface area (TPSA) is 61.8 Å². The molecule has 156 valence electrons. The van der Waals surface area contributed by atoms with Crippen molar-refractivity contribution in [1.82, 2.24) is 10.2 Å². The van der Waals surface area contributed by atoms with Crippen molar-refractivity contribution in [2.24, 2.45) is 0 Å². The zero-order chi connectivity index (χ0) is 20.7. The van der Waals surface area contributed by atoms with E-state index >= 15 is 0 Å². The van der Waals surface area contributed by atoms with Gasteiger partial charge in [-0.2, -0.15) is 0 Å². The molecule has 1 atom stereocenters. The molecule has 2 aromatic rings. The first kappa shape index (κ1) is 21.3. The van der Waals surface area contributed by atoms with E-state index in [-0.39, 0.29) is 24.9 Å². The van der Waals surface area contributed by atoms with Gasteiger partial charge in [-0.1, -0.05) is 29.8 Å². The minimum absolute atomic E-state index is 0.101. The minimum atomic E-state index is -0.891. The molecule has 0 aromatic heterocycles. The Morgan fingerprint density at radius 1 is 1.21 bits per heavy atom. The molecule has 1 aliphatic heterocycles. The van der Waals surface area contributed by atoms with E-state index in [1.807, 2.05) is 36.1 Å². The van der Waals surface area contributed by atoms with Crippen LogP contribution in [0, 0.1) is 12.7 Å². The monoisotopic (exact) mass is 400 g/mol. The van der Waals surface area contributed by atoms with Crippen LogP contribution in [0.15, 0.2) is 48.5 Å². The van der Waals surface area contributed by atoms with Crippen molar-refractivity contribution in [3.8, 4) is 5.75 Å². The zero-order valence-electron chi connectivity index (χ0n) is 16.9. The Morgan fingerprint density at radius 3 is 2.76 bits per heavy atom. The molecule has 0 radical (unpaired) electrons. The van der Waals surface area contributed by atoms with Crippen LogP contribution in [0.2, 0.25) is 0 Å². The van der Waals surface area contributed by atoms with Gasteiger partial charge in [0.25, 0.3) is 0 Å². The second-order valence-corrected chi connectivity index (χ2v) is 7.86. The summed E-state index contributed by atoms with van der Waals surface area (Å²) in [5.74, 6) is 0.342. The van der Waals surface area contributed by atoms with Crippen LogP contribution < -0.4 is 10.1 Å². The lowest BCUT2D eigenvalue weighted by Crippen LogP contribution is -2.40. The summed E-state index contributed by atoms with van der Waals surface area (Å²) in [7, 11) is 0. The van der Waals surface area contributed by atoms with Gasteiger partial charge in [-0.15, -0.1) is 0 Å². The number of amides is 1. The van der Waals surface area contributed by atoms with Gasteiger partial charge in [-0.25, -0.2) is 4.39 Å². The molecule has 0 bridgehead atoms. The molecule has 0 spiro atoms. The van der Waals surface area contributed by atoms with Gasteiger partial charge in [-0.3, -0.25) is 9.69 Å². The van der Waals surface area contributed by atoms with Gasteiger partial charge < -0.3 is 15.2 Å². The van der Waals surface area contributed by atoms with Gasteiger partial charge in [0, 0.05) is 13.1 Å². The van der Waals surface area contributed by atoms with E-state index < -0.39 is 5.60 Å². The van der Waals surface area contributed by atoms with E-state index in [9.17, 15) is 14.3 Å². The lowest BCUT2D eigenvalue weighted by molar-refractivity contribution is -0.122. The highest BCUT2D eigenvalue weighted by Gasteiger charge is 2.31. The number of benzene rings is 2. The average molecular weight is 400 g/mol. The van der Waals surface area contributed by atoms with E-state index in [0.29, 0.717) is 25.9 Å². The van der Waals surface area contributed by atoms with Crippen molar-refractivity contribution in [3.63, 3.8) is 0 Å². The summed E-state index contributed by atoms with van der Waals surface area (Å²) in [4.78, 5) is 14.3. The normalized spacial score (nSPS) is 20.1. The van der Waals surface area contributed by atoms with Crippen molar-refractivity contribution in [2.75, 3.05) is 26.2 Å². The first-order chi connectivity index (χ1) is 13.9. The Balaban J connectivity index is 1.43. The third-order valence-electron chi connectivity index (χ3n) is 5.28. The molecule has 1 aliphatic rings. The number of likely N-dealkylation sites (tertiary alicyclic amines) is 1. The van der Waals surface area contributed by atoms with Crippen LogP contribution in [-0.2, 0) is 11.3 Å². The van der Waals surface area contributed by atoms with Crippen molar-refractivity contribution >= 4 is 5.91 Å². The molecule has 2 aromatic carbocycles. The molecule has 1 fully saturated rings. The summed E-state index contributed by atoms with van der Waals surface area (Å²) < 4.78 is 19.0. The van der Waals surface area contributed by atoms with Crippen molar-refractivity contribution in [3.05, 3.63) is 65.5 Å². The van der Waals surface area contributed by atoms with E-state index in [1.165, 1.54) is 12.1 Å². The number of hydrogen-bond donors (Lipinski definition) is 2. The van der Waals surface area contributed by atoms with E-state index in [1.54, 1.807) is 12.1 Å². The highest BCUT2D eigenvalue weighted by Crippen LogP contribution is 2.24. The summed E-state index contributed by atoms with van der Waals surface area (Å²) in [5.41, 5.74) is 1.01. The maximum atomic E-state index is 13.2. The maximum Gasteiger partial charge on any atom is 0.234 e. The quantitative estimate of drug-likeness (QED) is 0.750. The van der Waals surface area contributed by atoms with Crippen molar-refractivity contribution < 1.29 is 19.0 Å². The first-order valence-electron chi connectivity index (χ1n) is 10.1. The third kappa shape index (κ3) is 6.84. The number of rotatable bonds is 7. The largest absolute Gasteiger partial charge is 0.491 e. The number of hydrogen-bond acceptors (Lipinski definition) is 4. The average Bonchev–Trinajstić information content (AvgIpc) is 2.88. The molecule has 3 rings (SSSR count). The number of carbonyl (C=O) groups is 1. The van der Waals surface area contributed by atoms with Crippen LogP contribution in [0.1, 0.15) is 30.4 Å².